The van der Waals surface area contributed by atoms with Crippen molar-refractivity contribution in [2.45, 2.75) is 32.6 Å². The van der Waals surface area contributed by atoms with Gasteiger partial charge in [0.05, 0.1) is 28.9 Å². The summed E-state index contributed by atoms with van der Waals surface area (Å²) in [4.78, 5) is 0. The van der Waals surface area contributed by atoms with Crippen LogP contribution in [0.1, 0.15) is 37.1 Å². The number of aromatic amines is 1. The maximum atomic E-state index is 12.1. The fraction of sp³-hybridized carbons (Fsp3) is 0.571. The molecule has 120 valence electrons. The van der Waals surface area contributed by atoms with Gasteiger partial charge in [-0.2, -0.15) is 5.10 Å². The van der Waals surface area contributed by atoms with Crippen LogP contribution < -0.4 is 0 Å². The van der Waals surface area contributed by atoms with E-state index in [1.54, 1.807) is 17.4 Å². The molecule has 8 heteroatoms. The molecule has 1 aliphatic rings. The second kappa shape index (κ2) is 5.85. The first-order chi connectivity index (χ1) is 10.5. The van der Waals surface area contributed by atoms with Crippen molar-refractivity contribution in [3.05, 3.63) is 23.7 Å². The lowest BCUT2D eigenvalue weighted by Gasteiger charge is -2.31. The lowest BCUT2D eigenvalue weighted by molar-refractivity contribution is 0.313. The molecule has 0 aliphatic carbocycles. The zero-order valence-corrected chi connectivity index (χ0v) is 13.6. The molecule has 1 atom stereocenters. The van der Waals surface area contributed by atoms with E-state index < -0.39 is 10.0 Å². The van der Waals surface area contributed by atoms with Crippen molar-refractivity contribution >= 4 is 10.0 Å². The van der Waals surface area contributed by atoms with Crippen LogP contribution in [-0.4, -0.2) is 46.9 Å². The summed E-state index contributed by atoms with van der Waals surface area (Å²) in [5.74, 6) is 0.895. The minimum absolute atomic E-state index is 0.0954. The molecule has 2 aromatic rings. The smallest absolute Gasteiger partial charge is 0.213 e. The number of hydrogen-bond donors (Lipinski definition) is 1. The standard InChI is InChI=1S/C14H20N4O3S/c1-3-22(19,20)18-6-4-5-11(9-18)14-12(8-15-16-14)13-7-10(2)17-21-13/h7-8,11H,3-6,9H2,1-2H3,(H,15,16). The Balaban J connectivity index is 1.87. The number of nitrogens with one attached hydrogen (secondary N) is 1. The van der Waals surface area contributed by atoms with Crippen molar-refractivity contribution in [2.24, 2.45) is 0 Å². The second-order valence-corrected chi connectivity index (χ2v) is 7.89. The summed E-state index contributed by atoms with van der Waals surface area (Å²) >= 11 is 0. The molecule has 1 fully saturated rings. The molecule has 1 saturated heterocycles. The number of H-pyrrole nitrogens is 1. The Morgan fingerprint density at radius 3 is 3.00 bits per heavy atom. The van der Waals surface area contributed by atoms with Gasteiger partial charge < -0.3 is 4.52 Å². The van der Waals surface area contributed by atoms with Crippen molar-refractivity contribution < 1.29 is 12.9 Å². The van der Waals surface area contributed by atoms with E-state index in [-0.39, 0.29) is 11.7 Å². The fourth-order valence-corrected chi connectivity index (χ4v) is 4.09. The van der Waals surface area contributed by atoms with Crippen molar-refractivity contribution in [1.29, 1.82) is 0 Å². The number of nitrogens with zero attached hydrogens (tertiary/aromatic N) is 3. The number of sulfonamides is 1. The molecule has 22 heavy (non-hydrogen) atoms. The van der Waals surface area contributed by atoms with Gasteiger partial charge in [-0.25, -0.2) is 12.7 Å². The van der Waals surface area contributed by atoms with E-state index >= 15 is 0 Å². The zero-order valence-electron chi connectivity index (χ0n) is 12.7. The van der Waals surface area contributed by atoms with Gasteiger partial charge in [0, 0.05) is 25.1 Å². The molecule has 2 aromatic heterocycles. The van der Waals surface area contributed by atoms with E-state index in [9.17, 15) is 8.42 Å². The molecule has 3 rings (SSSR count). The number of piperidine rings is 1. The third kappa shape index (κ3) is 2.80. The van der Waals surface area contributed by atoms with Crippen LogP contribution in [0, 0.1) is 6.92 Å². The van der Waals surface area contributed by atoms with Crippen LogP contribution in [0.3, 0.4) is 0 Å². The molecule has 1 unspecified atom stereocenters. The van der Waals surface area contributed by atoms with Crippen LogP contribution in [-0.2, 0) is 10.0 Å². The van der Waals surface area contributed by atoms with Gasteiger partial charge in [-0.1, -0.05) is 5.16 Å². The van der Waals surface area contributed by atoms with Gasteiger partial charge in [0.25, 0.3) is 0 Å². The molecule has 0 aromatic carbocycles. The molecular formula is C14H20N4O3S. The molecule has 0 bridgehead atoms. The molecule has 7 nitrogen and oxygen atoms in total. The highest BCUT2D eigenvalue weighted by Gasteiger charge is 2.31. The van der Waals surface area contributed by atoms with E-state index in [0.717, 1.165) is 29.8 Å². The van der Waals surface area contributed by atoms with Crippen LogP contribution >= 0.6 is 0 Å². The maximum absolute atomic E-state index is 12.1. The molecule has 1 aliphatic heterocycles. The largest absolute Gasteiger partial charge is 0.356 e. The SMILES string of the molecule is CCS(=O)(=O)N1CCCC(c2[nH]ncc2-c2cc(C)no2)C1. The molecule has 0 radical (unpaired) electrons. The molecule has 1 N–H and O–H groups in total. The quantitative estimate of drug-likeness (QED) is 0.927. The van der Waals surface area contributed by atoms with Crippen molar-refractivity contribution in [3.63, 3.8) is 0 Å². The van der Waals surface area contributed by atoms with Crippen LogP contribution in [0.15, 0.2) is 16.8 Å². The van der Waals surface area contributed by atoms with E-state index in [4.69, 9.17) is 4.52 Å². The maximum Gasteiger partial charge on any atom is 0.213 e. The Hall–Kier alpha value is -1.67. The Kier molecular flexibility index (Phi) is 4.05. The van der Waals surface area contributed by atoms with Crippen molar-refractivity contribution in [3.8, 4) is 11.3 Å². The molecular weight excluding hydrogens is 304 g/mol. The third-order valence-electron chi connectivity index (χ3n) is 4.11. The van der Waals surface area contributed by atoms with E-state index in [1.807, 2.05) is 13.0 Å². The first kappa shape index (κ1) is 15.2. The zero-order chi connectivity index (χ0) is 15.7. The molecule has 0 saturated carbocycles. The lowest BCUT2D eigenvalue weighted by Crippen LogP contribution is -2.40. The van der Waals surface area contributed by atoms with Crippen LogP contribution in [0.2, 0.25) is 0 Å². The van der Waals surface area contributed by atoms with Gasteiger partial charge in [0.15, 0.2) is 5.76 Å². The summed E-state index contributed by atoms with van der Waals surface area (Å²) in [5, 5.41) is 11.0. The minimum Gasteiger partial charge on any atom is -0.356 e. The van der Waals surface area contributed by atoms with Crippen LogP contribution in [0.5, 0.6) is 0 Å². The van der Waals surface area contributed by atoms with Crippen LogP contribution in [0.4, 0.5) is 0 Å². The van der Waals surface area contributed by atoms with E-state index in [0.29, 0.717) is 18.8 Å². The number of aryl methyl sites for hydroxylation is 1. The third-order valence-corrected chi connectivity index (χ3v) is 5.96. The highest BCUT2D eigenvalue weighted by atomic mass is 32.2. The summed E-state index contributed by atoms with van der Waals surface area (Å²) in [7, 11) is -3.16. The van der Waals surface area contributed by atoms with Gasteiger partial charge in [-0.3, -0.25) is 5.10 Å². The van der Waals surface area contributed by atoms with E-state index in [2.05, 4.69) is 15.4 Å². The average Bonchev–Trinajstić information content (AvgIpc) is 3.15. The number of rotatable bonds is 4. The Bertz CT molecular complexity index is 750. The van der Waals surface area contributed by atoms with Gasteiger partial charge >= 0.3 is 0 Å². The normalized spacial score (nSPS) is 20.4. The summed E-state index contributed by atoms with van der Waals surface area (Å²) in [6, 6.07) is 1.86. The predicted molar refractivity (Wildman–Crippen MR) is 81.8 cm³/mol. The Morgan fingerprint density at radius 2 is 2.32 bits per heavy atom. The first-order valence-electron chi connectivity index (χ1n) is 7.46. The van der Waals surface area contributed by atoms with Gasteiger partial charge in [0.1, 0.15) is 0 Å². The summed E-state index contributed by atoms with van der Waals surface area (Å²) < 4.78 is 31.1. The topological polar surface area (TPSA) is 92.1 Å². The summed E-state index contributed by atoms with van der Waals surface area (Å²) in [6.07, 6.45) is 3.48. The highest BCUT2D eigenvalue weighted by molar-refractivity contribution is 7.89. The average molecular weight is 324 g/mol. The lowest BCUT2D eigenvalue weighted by atomic mass is 9.93. The molecule has 3 heterocycles. The van der Waals surface area contributed by atoms with E-state index in [1.165, 1.54) is 0 Å². The highest BCUT2D eigenvalue weighted by Crippen LogP contribution is 2.33. The Morgan fingerprint density at radius 1 is 1.50 bits per heavy atom. The van der Waals surface area contributed by atoms with Crippen molar-refractivity contribution in [2.75, 3.05) is 18.8 Å². The van der Waals surface area contributed by atoms with Crippen LogP contribution in [0.25, 0.3) is 11.3 Å². The van der Waals surface area contributed by atoms with Gasteiger partial charge in [-0.15, -0.1) is 0 Å². The monoisotopic (exact) mass is 324 g/mol. The molecule has 0 spiro atoms. The Labute approximate surface area is 129 Å². The predicted octanol–water partition coefficient (Wildman–Crippen LogP) is 1.90. The number of aromatic nitrogens is 3. The second-order valence-electron chi connectivity index (χ2n) is 5.63. The molecule has 0 amide bonds. The minimum atomic E-state index is -3.16. The van der Waals surface area contributed by atoms with Gasteiger partial charge in [-0.05, 0) is 26.7 Å². The van der Waals surface area contributed by atoms with Gasteiger partial charge in [0.2, 0.25) is 10.0 Å². The summed E-state index contributed by atoms with van der Waals surface area (Å²) in [5.41, 5.74) is 2.59. The van der Waals surface area contributed by atoms with Crippen molar-refractivity contribution in [1.82, 2.24) is 19.7 Å². The fourth-order valence-electron chi connectivity index (χ4n) is 2.91. The number of hydrogen-bond acceptors (Lipinski definition) is 5. The first-order valence-corrected chi connectivity index (χ1v) is 9.07. The summed E-state index contributed by atoms with van der Waals surface area (Å²) in [6.45, 7) is 4.62.